The molecule has 13 nitrogen and oxygen atoms in total. The van der Waals surface area contributed by atoms with Crippen LogP contribution in [0, 0.1) is 5.92 Å². The number of methoxy groups -OCH3 is 2. The Balaban J connectivity index is 0.000000203. The fraction of sp³-hybridized carbons (Fsp3) is 0.559. The molecule has 2 aromatic carbocycles. The molecule has 1 amide bonds. The zero-order valence-electron chi connectivity index (χ0n) is 26.9. The largest absolute Gasteiger partial charge is 0.507 e. The summed E-state index contributed by atoms with van der Waals surface area (Å²) in [5, 5.41) is 35.0. The van der Waals surface area contributed by atoms with Gasteiger partial charge < -0.3 is 45.3 Å². The Morgan fingerprint density at radius 1 is 1.02 bits per heavy atom. The maximum absolute atomic E-state index is 13.2. The van der Waals surface area contributed by atoms with E-state index in [0.29, 0.717) is 30.6 Å². The van der Waals surface area contributed by atoms with Crippen LogP contribution >= 0.6 is 0 Å². The molecule has 7 rings (SSSR count). The number of ketones is 2. The fourth-order valence-electron chi connectivity index (χ4n) is 7.15. The average Bonchev–Trinajstić information content (AvgIpc) is 3.79. The Morgan fingerprint density at radius 2 is 1.74 bits per heavy atom. The minimum absolute atomic E-state index is 0.0230. The van der Waals surface area contributed by atoms with Gasteiger partial charge in [-0.1, -0.05) is 12.1 Å². The molecule has 13 heteroatoms. The minimum atomic E-state index is -0.569. The van der Waals surface area contributed by atoms with Gasteiger partial charge in [-0.3, -0.25) is 19.3 Å². The number of hydrogen-bond acceptors (Lipinski definition) is 12. The molecule has 2 aliphatic heterocycles. The number of amides is 1. The monoisotopic (exact) mass is 653 g/mol. The summed E-state index contributed by atoms with van der Waals surface area (Å²) >= 11 is 0. The highest BCUT2D eigenvalue weighted by atomic mass is 16.7. The van der Waals surface area contributed by atoms with Gasteiger partial charge in [0.2, 0.25) is 11.7 Å². The number of ether oxygens (including phenoxy) is 4. The van der Waals surface area contributed by atoms with Crippen molar-refractivity contribution >= 4 is 17.5 Å². The third-order valence-electron chi connectivity index (χ3n) is 10.0. The third kappa shape index (κ3) is 6.23. The predicted molar refractivity (Wildman–Crippen MR) is 168 cm³/mol. The summed E-state index contributed by atoms with van der Waals surface area (Å²) in [4.78, 5) is 41.3. The van der Waals surface area contributed by atoms with E-state index in [9.17, 15) is 29.7 Å². The second-order valence-electron chi connectivity index (χ2n) is 12.9. The lowest BCUT2D eigenvalue weighted by molar-refractivity contribution is -0.190. The van der Waals surface area contributed by atoms with Gasteiger partial charge in [0, 0.05) is 67.5 Å². The normalized spacial score (nSPS) is 29.9. The standard InChI is InChI=1S/C23H22N2O6.C11H21NO4/c1-31-15-4-2-3-11-16(15)22(29)18-17(20(11)27)21(28)12-7-9(5-6-10(12)19(18)26)23(30)25-14-8-13(14)24;1-8-11(13)9(3-5-15-8)12-4-6-16-10(7-12)14-2/h2-4,9,13-14,26,28H,5-8,24H2,1H3,(H,25,30);8-11,13H,3-7H2,1-2H3. The molecular formula is C34H43N3O10. The molecule has 2 aromatic rings. The molecule has 1 saturated carbocycles. The van der Waals surface area contributed by atoms with Crippen LogP contribution < -0.4 is 15.8 Å². The SMILES string of the molecule is COC1CN(C2CCOC(C)C2O)CCO1.COc1cccc2c1C(=O)c1c(O)c3c(c(O)c1C2=O)CC(C(=O)NC1CC1N)CC3. The van der Waals surface area contributed by atoms with Crippen molar-refractivity contribution in [1.29, 1.82) is 0 Å². The lowest BCUT2D eigenvalue weighted by Crippen LogP contribution is -2.57. The summed E-state index contributed by atoms with van der Waals surface area (Å²) in [6.07, 6.45) is 1.88. The highest BCUT2D eigenvalue weighted by Gasteiger charge is 2.42. The van der Waals surface area contributed by atoms with Gasteiger partial charge in [0.1, 0.15) is 17.2 Å². The second kappa shape index (κ2) is 13.5. The number of phenols is 2. The molecule has 6 N–H and O–H groups in total. The number of aliphatic hydroxyl groups is 1. The second-order valence-corrected chi connectivity index (χ2v) is 12.9. The Bertz CT molecular complexity index is 1560. The van der Waals surface area contributed by atoms with Crippen molar-refractivity contribution in [2.45, 2.75) is 75.7 Å². The van der Waals surface area contributed by atoms with Crippen LogP contribution in [0.15, 0.2) is 18.2 Å². The summed E-state index contributed by atoms with van der Waals surface area (Å²) in [7, 11) is 3.05. The van der Waals surface area contributed by atoms with Gasteiger partial charge in [0.25, 0.3) is 0 Å². The predicted octanol–water partition coefficient (Wildman–Crippen LogP) is 1.03. The van der Waals surface area contributed by atoms with Crippen LogP contribution in [0.1, 0.15) is 69.2 Å². The van der Waals surface area contributed by atoms with Crippen molar-refractivity contribution in [3.63, 3.8) is 0 Å². The van der Waals surface area contributed by atoms with Crippen LogP contribution in [0.3, 0.4) is 0 Å². The molecule has 47 heavy (non-hydrogen) atoms. The quantitative estimate of drug-likeness (QED) is 0.246. The van der Waals surface area contributed by atoms with E-state index in [-0.39, 0.29) is 82.3 Å². The van der Waals surface area contributed by atoms with Gasteiger partial charge >= 0.3 is 0 Å². The van der Waals surface area contributed by atoms with Crippen LogP contribution in [-0.2, 0) is 31.8 Å². The number of carbonyl (C=O) groups excluding carboxylic acids is 3. The van der Waals surface area contributed by atoms with Gasteiger partial charge in [0.15, 0.2) is 12.1 Å². The molecule has 0 spiro atoms. The zero-order valence-corrected chi connectivity index (χ0v) is 26.9. The van der Waals surface area contributed by atoms with E-state index in [1.807, 2.05) is 6.92 Å². The van der Waals surface area contributed by atoms with Crippen LogP contribution in [-0.4, -0.2) is 115 Å². The number of hydrogen-bond donors (Lipinski definition) is 5. The lowest BCUT2D eigenvalue weighted by Gasteiger charge is -2.43. The number of benzene rings is 2. The van der Waals surface area contributed by atoms with Crippen molar-refractivity contribution in [2.24, 2.45) is 11.7 Å². The summed E-state index contributed by atoms with van der Waals surface area (Å²) < 4.78 is 21.3. The van der Waals surface area contributed by atoms with Crippen molar-refractivity contribution in [2.75, 3.05) is 40.5 Å². The van der Waals surface area contributed by atoms with E-state index in [1.165, 1.54) is 13.2 Å². The number of carbonyl (C=O) groups is 3. The van der Waals surface area contributed by atoms with E-state index in [4.69, 9.17) is 24.7 Å². The van der Waals surface area contributed by atoms with Crippen LogP contribution in [0.2, 0.25) is 0 Å². The summed E-state index contributed by atoms with van der Waals surface area (Å²) in [6.45, 7) is 4.89. The molecule has 3 aliphatic carbocycles. The number of fused-ring (bicyclic) bond motifs is 3. The van der Waals surface area contributed by atoms with Crippen LogP contribution in [0.25, 0.3) is 0 Å². The van der Waals surface area contributed by atoms with Gasteiger partial charge in [-0.25, -0.2) is 0 Å². The number of nitrogens with one attached hydrogen (secondary N) is 1. The molecular weight excluding hydrogens is 610 g/mol. The Hall–Kier alpha value is -3.59. The molecule has 5 aliphatic rings. The molecule has 0 aromatic heterocycles. The molecule has 3 fully saturated rings. The van der Waals surface area contributed by atoms with Crippen LogP contribution in [0.5, 0.6) is 17.2 Å². The van der Waals surface area contributed by atoms with Crippen molar-refractivity contribution in [3.8, 4) is 17.2 Å². The number of nitrogens with zero attached hydrogens (tertiary/aromatic N) is 1. The number of aromatic hydroxyl groups is 2. The van der Waals surface area contributed by atoms with E-state index >= 15 is 0 Å². The first-order valence-electron chi connectivity index (χ1n) is 16.2. The first kappa shape index (κ1) is 33.3. The molecule has 2 saturated heterocycles. The molecule has 7 atom stereocenters. The Labute approximate surface area is 272 Å². The molecule has 2 heterocycles. The van der Waals surface area contributed by atoms with Crippen molar-refractivity contribution in [3.05, 3.63) is 51.6 Å². The van der Waals surface area contributed by atoms with Crippen LogP contribution in [0.4, 0.5) is 0 Å². The van der Waals surface area contributed by atoms with Crippen molar-refractivity contribution < 1.29 is 48.7 Å². The van der Waals surface area contributed by atoms with Gasteiger partial charge in [-0.15, -0.1) is 0 Å². The topological polar surface area (TPSA) is 190 Å². The Morgan fingerprint density at radius 3 is 2.45 bits per heavy atom. The smallest absolute Gasteiger partial charge is 0.223 e. The van der Waals surface area contributed by atoms with E-state index in [2.05, 4.69) is 10.2 Å². The van der Waals surface area contributed by atoms with Gasteiger partial charge in [0.05, 0.1) is 42.6 Å². The zero-order chi connectivity index (χ0) is 33.6. The Kier molecular flexibility index (Phi) is 9.57. The maximum Gasteiger partial charge on any atom is 0.223 e. The first-order valence-corrected chi connectivity index (χ1v) is 16.2. The van der Waals surface area contributed by atoms with Gasteiger partial charge in [-0.05, 0) is 45.1 Å². The van der Waals surface area contributed by atoms with E-state index in [0.717, 1.165) is 32.5 Å². The average molecular weight is 654 g/mol. The third-order valence-corrected chi connectivity index (χ3v) is 10.0. The van der Waals surface area contributed by atoms with E-state index < -0.39 is 23.6 Å². The summed E-state index contributed by atoms with van der Waals surface area (Å²) in [6, 6.07) is 4.78. The number of nitrogens with two attached hydrogens (primary N) is 1. The highest BCUT2D eigenvalue weighted by Crippen LogP contribution is 2.47. The fourth-order valence-corrected chi connectivity index (χ4v) is 7.15. The van der Waals surface area contributed by atoms with E-state index in [1.54, 1.807) is 19.2 Å². The number of morpholine rings is 1. The van der Waals surface area contributed by atoms with Crippen molar-refractivity contribution in [1.82, 2.24) is 10.2 Å². The molecule has 254 valence electrons. The summed E-state index contributed by atoms with van der Waals surface area (Å²) in [5.41, 5.74) is 6.28. The molecule has 7 unspecified atom stereocenters. The maximum atomic E-state index is 13.2. The molecule has 0 bridgehead atoms. The number of aliphatic hydroxyl groups excluding tert-OH is 1. The minimum Gasteiger partial charge on any atom is -0.507 e. The summed E-state index contributed by atoms with van der Waals surface area (Å²) in [5.74, 6) is -2.11. The number of phenolic OH excluding ortho intramolecular Hbond substituents is 2. The number of rotatable bonds is 5. The first-order chi connectivity index (χ1) is 22.5. The molecule has 0 radical (unpaired) electrons. The highest BCUT2D eigenvalue weighted by molar-refractivity contribution is 6.31. The van der Waals surface area contributed by atoms with Gasteiger partial charge in [-0.2, -0.15) is 0 Å². The lowest BCUT2D eigenvalue weighted by atomic mass is 9.75.